The first-order valence-corrected chi connectivity index (χ1v) is 11.5. The summed E-state index contributed by atoms with van der Waals surface area (Å²) in [4.78, 5) is 22.7. The van der Waals surface area contributed by atoms with E-state index in [1.807, 2.05) is 47.5 Å². The van der Waals surface area contributed by atoms with E-state index in [-0.39, 0.29) is 11.8 Å². The zero-order valence-corrected chi connectivity index (χ0v) is 18.5. The lowest BCUT2D eigenvalue weighted by molar-refractivity contribution is -0.137. The highest BCUT2D eigenvalue weighted by molar-refractivity contribution is 7.13. The molecule has 0 radical (unpaired) electrons. The van der Waals surface area contributed by atoms with Crippen molar-refractivity contribution in [1.29, 1.82) is 0 Å². The van der Waals surface area contributed by atoms with Crippen molar-refractivity contribution in [2.24, 2.45) is 5.92 Å². The van der Waals surface area contributed by atoms with E-state index in [4.69, 9.17) is 16.1 Å². The summed E-state index contributed by atoms with van der Waals surface area (Å²) < 4.78 is 5.38. The van der Waals surface area contributed by atoms with Crippen LogP contribution in [0.4, 0.5) is 0 Å². The van der Waals surface area contributed by atoms with Gasteiger partial charge in [-0.15, -0.1) is 11.3 Å². The molecule has 4 rings (SSSR count). The zero-order chi connectivity index (χ0) is 20.9. The van der Waals surface area contributed by atoms with Crippen molar-refractivity contribution in [2.45, 2.75) is 32.9 Å². The molecule has 0 saturated carbocycles. The van der Waals surface area contributed by atoms with E-state index in [2.05, 4.69) is 21.1 Å². The Morgan fingerprint density at radius 3 is 2.83 bits per heavy atom. The summed E-state index contributed by atoms with van der Waals surface area (Å²) in [6.45, 7) is 5.65. The highest BCUT2D eigenvalue weighted by Gasteiger charge is 2.29. The van der Waals surface area contributed by atoms with Crippen molar-refractivity contribution in [3.63, 3.8) is 0 Å². The van der Waals surface area contributed by atoms with Crippen molar-refractivity contribution in [1.82, 2.24) is 19.9 Å². The van der Waals surface area contributed by atoms with Crippen LogP contribution in [0.25, 0.3) is 10.7 Å². The summed E-state index contributed by atoms with van der Waals surface area (Å²) in [7, 11) is 0. The summed E-state index contributed by atoms with van der Waals surface area (Å²) in [6.07, 6.45) is 1.72. The first-order valence-electron chi connectivity index (χ1n) is 10.2. The van der Waals surface area contributed by atoms with Crippen LogP contribution in [-0.4, -0.2) is 45.5 Å². The van der Waals surface area contributed by atoms with Crippen LogP contribution in [0.1, 0.15) is 31.2 Å². The molecule has 3 aromatic rings. The quantitative estimate of drug-likeness (QED) is 0.528. The van der Waals surface area contributed by atoms with Crippen LogP contribution in [0.5, 0.6) is 0 Å². The summed E-state index contributed by atoms with van der Waals surface area (Å²) in [6, 6.07) is 11.9. The summed E-state index contributed by atoms with van der Waals surface area (Å²) in [5, 5.41) is 6.79. The highest BCUT2D eigenvalue weighted by Crippen LogP contribution is 2.24. The van der Waals surface area contributed by atoms with Crippen LogP contribution in [0.15, 0.2) is 46.3 Å². The van der Waals surface area contributed by atoms with Crippen molar-refractivity contribution >= 4 is 28.8 Å². The number of halogens is 1. The van der Waals surface area contributed by atoms with Gasteiger partial charge in [-0.25, -0.2) is 0 Å². The second-order valence-corrected chi connectivity index (χ2v) is 8.91. The molecule has 0 atom stereocenters. The fourth-order valence-corrected chi connectivity index (χ4v) is 4.69. The number of carbonyl (C=O) groups excluding carboxylic acids is 1. The van der Waals surface area contributed by atoms with Gasteiger partial charge in [-0.1, -0.05) is 35.0 Å². The average Bonchev–Trinajstić information content (AvgIpc) is 3.44. The maximum atomic E-state index is 13.1. The second kappa shape index (κ2) is 9.73. The maximum absolute atomic E-state index is 13.1. The normalized spacial score (nSPS) is 15.4. The Bertz CT molecular complexity index is 967. The molecule has 0 aliphatic carbocycles. The minimum Gasteiger partial charge on any atom is -0.337 e. The van der Waals surface area contributed by atoms with Crippen LogP contribution >= 0.6 is 22.9 Å². The van der Waals surface area contributed by atoms with Gasteiger partial charge in [0.1, 0.15) is 0 Å². The van der Waals surface area contributed by atoms with Gasteiger partial charge in [0.05, 0.1) is 11.4 Å². The van der Waals surface area contributed by atoms with Gasteiger partial charge in [0.25, 0.3) is 0 Å². The molecule has 0 spiro atoms. The Morgan fingerprint density at radius 1 is 1.30 bits per heavy atom. The molecule has 1 aliphatic rings. The molecule has 1 aliphatic heterocycles. The summed E-state index contributed by atoms with van der Waals surface area (Å²) in [5.74, 6) is 1.28. The first-order chi connectivity index (χ1) is 14.6. The molecule has 1 fully saturated rings. The van der Waals surface area contributed by atoms with Crippen molar-refractivity contribution in [3.8, 4) is 10.7 Å². The van der Waals surface area contributed by atoms with E-state index >= 15 is 0 Å². The van der Waals surface area contributed by atoms with Gasteiger partial charge in [0, 0.05) is 24.0 Å². The number of benzene rings is 1. The predicted octanol–water partition coefficient (Wildman–Crippen LogP) is 4.71. The van der Waals surface area contributed by atoms with Gasteiger partial charge >= 0.3 is 0 Å². The number of aromatic nitrogens is 2. The number of nitrogens with zero attached hydrogens (tertiary/aromatic N) is 4. The minimum atomic E-state index is 0.0419. The third-order valence-electron chi connectivity index (χ3n) is 5.46. The number of piperidine rings is 1. The number of carbonyl (C=O) groups is 1. The van der Waals surface area contributed by atoms with Crippen LogP contribution in [0.2, 0.25) is 5.02 Å². The van der Waals surface area contributed by atoms with Gasteiger partial charge in [-0.2, -0.15) is 4.98 Å². The van der Waals surface area contributed by atoms with Gasteiger partial charge in [-0.3, -0.25) is 9.69 Å². The number of likely N-dealkylation sites (tertiary alicyclic amines) is 1. The summed E-state index contributed by atoms with van der Waals surface area (Å²) >= 11 is 7.66. The third-order valence-corrected chi connectivity index (χ3v) is 6.56. The first kappa shape index (κ1) is 21.0. The third kappa shape index (κ3) is 5.09. The number of hydrogen-bond acceptors (Lipinski definition) is 6. The van der Waals surface area contributed by atoms with E-state index in [1.54, 1.807) is 11.3 Å². The molecular formula is C22H25ClN4O2S. The average molecular weight is 445 g/mol. The molecule has 1 amide bonds. The lowest BCUT2D eigenvalue weighted by Gasteiger charge is -2.33. The monoisotopic (exact) mass is 444 g/mol. The SMILES string of the molecule is CCN(Cc1nc(-c2cccs2)no1)C(=O)C1CCN(Cc2cccc(Cl)c2)CC1. The standard InChI is InChI=1S/C22H25ClN4O2S/c1-2-27(15-20-24-21(25-29-20)19-7-4-12-30-19)22(28)17-8-10-26(11-9-17)14-16-5-3-6-18(23)13-16/h3-7,12-13,17H,2,8-11,14-15H2,1H3. The molecule has 6 nitrogen and oxygen atoms in total. The molecular weight excluding hydrogens is 420 g/mol. The predicted molar refractivity (Wildman–Crippen MR) is 118 cm³/mol. The van der Waals surface area contributed by atoms with E-state index in [0.29, 0.717) is 24.8 Å². The Balaban J connectivity index is 1.31. The zero-order valence-electron chi connectivity index (χ0n) is 17.0. The molecule has 8 heteroatoms. The van der Waals surface area contributed by atoms with E-state index in [9.17, 15) is 4.79 Å². The molecule has 0 bridgehead atoms. The molecule has 0 N–H and O–H groups in total. The van der Waals surface area contributed by atoms with Crippen LogP contribution in [0, 0.1) is 5.92 Å². The minimum absolute atomic E-state index is 0.0419. The van der Waals surface area contributed by atoms with E-state index in [1.165, 1.54) is 5.56 Å². The lowest BCUT2D eigenvalue weighted by atomic mass is 9.95. The summed E-state index contributed by atoms with van der Waals surface area (Å²) in [5.41, 5.74) is 1.21. The van der Waals surface area contributed by atoms with Crippen LogP contribution < -0.4 is 0 Å². The second-order valence-electron chi connectivity index (χ2n) is 7.52. The highest BCUT2D eigenvalue weighted by atomic mass is 35.5. The molecule has 1 saturated heterocycles. The lowest BCUT2D eigenvalue weighted by Crippen LogP contribution is -2.42. The Labute approximate surface area is 185 Å². The van der Waals surface area contributed by atoms with E-state index in [0.717, 1.165) is 42.4 Å². The molecule has 2 aromatic heterocycles. The largest absolute Gasteiger partial charge is 0.337 e. The van der Waals surface area contributed by atoms with Gasteiger partial charge in [0.15, 0.2) is 0 Å². The molecule has 0 unspecified atom stereocenters. The van der Waals surface area contributed by atoms with Gasteiger partial charge < -0.3 is 9.42 Å². The molecule has 1 aromatic carbocycles. The number of amides is 1. The van der Waals surface area contributed by atoms with Crippen molar-refractivity contribution in [3.05, 3.63) is 58.3 Å². The topological polar surface area (TPSA) is 62.5 Å². The van der Waals surface area contributed by atoms with Gasteiger partial charge in [-0.05, 0) is 62.0 Å². The Kier molecular flexibility index (Phi) is 6.82. The Hall–Kier alpha value is -2.22. The molecule has 158 valence electrons. The smallest absolute Gasteiger partial charge is 0.246 e. The number of thiophene rings is 1. The van der Waals surface area contributed by atoms with Gasteiger partial charge in [0.2, 0.25) is 17.6 Å². The van der Waals surface area contributed by atoms with Crippen LogP contribution in [-0.2, 0) is 17.9 Å². The van der Waals surface area contributed by atoms with Crippen LogP contribution in [0.3, 0.4) is 0 Å². The maximum Gasteiger partial charge on any atom is 0.246 e. The fraction of sp³-hybridized carbons (Fsp3) is 0.409. The fourth-order valence-electron chi connectivity index (χ4n) is 3.82. The van der Waals surface area contributed by atoms with Crippen molar-refractivity contribution in [2.75, 3.05) is 19.6 Å². The van der Waals surface area contributed by atoms with Crippen molar-refractivity contribution < 1.29 is 9.32 Å². The van der Waals surface area contributed by atoms with E-state index < -0.39 is 0 Å². The molecule has 3 heterocycles. The molecule has 30 heavy (non-hydrogen) atoms. The number of rotatable bonds is 7. The Morgan fingerprint density at radius 2 is 2.13 bits per heavy atom. The number of hydrogen-bond donors (Lipinski definition) is 0.